The first-order chi connectivity index (χ1) is 8.95. The summed E-state index contributed by atoms with van der Waals surface area (Å²) in [6, 6.07) is 0. The lowest BCUT2D eigenvalue weighted by Gasteiger charge is -2.07. The van der Waals surface area contributed by atoms with Crippen molar-refractivity contribution in [2.45, 2.75) is 39.7 Å². The van der Waals surface area contributed by atoms with E-state index in [-0.39, 0.29) is 12.0 Å². The maximum absolute atomic E-state index is 11.6. The Morgan fingerprint density at radius 3 is 2.74 bits per heavy atom. The van der Waals surface area contributed by atoms with E-state index in [0.717, 1.165) is 17.0 Å². The second-order valence-electron chi connectivity index (χ2n) is 4.68. The Balaban J connectivity index is 2.50. The molecule has 5 heteroatoms. The van der Waals surface area contributed by atoms with E-state index in [1.54, 1.807) is 10.8 Å². The number of aliphatic hydroxyl groups excluding tert-OH is 1. The highest BCUT2D eigenvalue weighted by Gasteiger charge is 2.06. The highest BCUT2D eigenvalue weighted by Crippen LogP contribution is 2.13. The molecule has 2 N–H and O–H groups in total. The molecule has 0 aliphatic carbocycles. The van der Waals surface area contributed by atoms with Gasteiger partial charge in [0.2, 0.25) is 5.91 Å². The highest BCUT2D eigenvalue weighted by molar-refractivity contribution is 5.91. The molecule has 5 nitrogen and oxygen atoms in total. The van der Waals surface area contributed by atoms with Crippen molar-refractivity contribution in [2.24, 2.45) is 7.05 Å². The molecular formula is C14H23N3O2. The molecule has 1 rings (SSSR count). The monoisotopic (exact) mass is 265 g/mol. The van der Waals surface area contributed by atoms with Crippen LogP contribution in [0.3, 0.4) is 0 Å². The molecule has 0 fully saturated rings. The summed E-state index contributed by atoms with van der Waals surface area (Å²) in [5.74, 6) is -0.147. The summed E-state index contributed by atoms with van der Waals surface area (Å²) < 4.78 is 1.80. The van der Waals surface area contributed by atoms with Gasteiger partial charge in [0.25, 0.3) is 0 Å². The number of nitrogens with one attached hydrogen (secondary N) is 1. The van der Waals surface area contributed by atoms with Gasteiger partial charge in [-0.05, 0) is 32.8 Å². The lowest BCUT2D eigenvalue weighted by atomic mass is 10.2. The Morgan fingerprint density at radius 2 is 2.21 bits per heavy atom. The van der Waals surface area contributed by atoms with Crippen LogP contribution in [0.15, 0.2) is 6.08 Å². The third kappa shape index (κ3) is 4.52. The molecule has 1 unspecified atom stereocenters. The van der Waals surface area contributed by atoms with Crippen molar-refractivity contribution in [2.75, 3.05) is 6.54 Å². The standard InChI is InChI=1S/C14H23N3O2/c1-5-12(18)8-9-15-14(19)7-6-13-10(2)16-17(4)11(13)3/h6-7,12,18H,5,8-9H2,1-4H3,(H,15,19)/b7-6+. The zero-order chi connectivity index (χ0) is 14.4. The molecule has 0 aliphatic rings. The first-order valence-corrected chi connectivity index (χ1v) is 6.59. The van der Waals surface area contributed by atoms with Gasteiger partial charge in [-0.25, -0.2) is 0 Å². The van der Waals surface area contributed by atoms with E-state index in [1.807, 2.05) is 27.8 Å². The Hall–Kier alpha value is -1.62. The molecule has 1 amide bonds. The molecule has 0 spiro atoms. The SMILES string of the molecule is CCC(O)CCNC(=O)/C=C/c1c(C)nn(C)c1C. The van der Waals surface area contributed by atoms with Gasteiger partial charge in [-0.1, -0.05) is 6.92 Å². The summed E-state index contributed by atoms with van der Waals surface area (Å²) in [6.07, 6.45) is 4.24. The van der Waals surface area contributed by atoms with Crippen molar-refractivity contribution in [3.05, 3.63) is 23.0 Å². The minimum atomic E-state index is -0.341. The van der Waals surface area contributed by atoms with Crippen molar-refractivity contribution in [1.82, 2.24) is 15.1 Å². The fourth-order valence-corrected chi connectivity index (χ4v) is 1.82. The van der Waals surface area contributed by atoms with Crippen LogP contribution in [0.25, 0.3) is 6.08 Å². The van der Waals surface area contributed by atoms with Gasteiger partial charge in [0.15, 0.2) is 0 Å². The molecule has 1 heterocycles. The number of amides is 1. The fourth-order valence-electron chi connectivity index (χ4n) is 1.82. The van der Waals surface area contributed by atoms with Crippen LogP contribution in [0, 0.1) is 13.8 Å². The summed E-state index contributed by atoms with van der Waals surface area (Å²) in [6.45, 7) is 6.29. The van der Waals surface area contributed by atoms with Crippen LogP contribution >= 0.6 is 0 Å². The summed E-state index contributed by atoms with van der Waals surface area (Å²) in [4.78, 5) is 11.6. The lowest BCUT2D eigenvalue weighted by Crippen LogP contribution is -2.25. The third-order valence-electron chi connectivity index (χ3n) is 3.21. The number of aliphatic hydroxyl groups is 1. The van der Waals surface area contributed by atoms with Crippen molar-refractivity contribution in [3.63, 3.8) is 0 Å². The van der Waals surface area contributed by atoms with Crippen LogP contribution in [0.1, 0.15) is 36.7 Å². The molecule has 0 aliphatic heterocycles. The number of aromatic nitrogens is 2. The van der Waals surface area contributed by atoms with E-state index in [1.165, 1.54) is 6.08 Å². The number of hydrogen-bond donors (Lipinski definition) is 2. The zero-order valence-electron chi connectivity index (χ0n) is 12.1. The first kappa shape index (κ1) is 15.4. The van der Waals surface area contributed by atoms with Gasteiger partial charge in [-0.3, -0.25) is 9.48 Å². The fraction of sp³-hybridized carbons (Fsp3) is 0.571. The van der Waals surface area contributed by atoms with Gasteiger partial charge in [-0.15, -0.1) is 0 Å². The Bertz CT molecular complexity index is 464. The first-order valence-electron chi connectivity index (χ1n) is 6.59. The predicted molar refractivity (Wildman–Crippen MR) is 75.6 cm³/mol. The molecule has 1 aromatic rings. The number of hydrogen-bond acceptors (Lipinski definition) is 3. The number of carbonyl (C=O) groups is 1. The van der Waals surface area contributed by atoms with E-state index < -0.39 is 0 Å². The normalized spacial score (nSPS) is 12.9. The number of nitrogens with zero attached hydrogens (tertiary/aromatic N) is 2. The van der Waals surface area contributed by atoms with Crippen LogP contribution in [-0.4, -0.2) is 33.4 Å². The van der Waals surface area contributed by atoms with Crippen molar-refractivity contribution >= 4 is 12.0 Å². The second-order valence-corrected chi connectivity index (χ2v) is 4.68. The minimum Gasteiger partial charge on any atom is -0.393 e. The summed E-state index contributed by atoms with van der Waals surface area (Å²) in [5, 5.41) is 16.4. The van der Waals surface area contributed by atoms with Gasteiger partial charge in [0, 0.05) is 30.9 Å². The Kier molecular flexibility index (Phi) is 5.76. The van der Waals surface area contributed by atoms with Crippen LogP contribution in [0.2, 0.25) is 0 Å². The summed E-state index contributed by atoms with van der Waals surface area (Å²) >= 11 is 0. The van der Waals surface area contributed by atoms with E-state index in [4.69, 9.17) is 0 Å². The largest absolute Gasteiger partial charge is 0.393 e. The average Bonchev–Trinajstić information content (AvgIpc) is 2.61. The lowest BCUT2D eigenvalue weighted by molar-refractivity contribution is -0.116. The summed E-state index contributed by atoms with van der Waals surface area (Å²) in [7, 11) is 1.88. The Labute approximate surface area is 114 Å². The van der Waals surface area contributed by atoms with Gasteiger partial charge in [-0.2, -0.15) is 5.10 Å². The van der Waals surface area contributed by atoms with Crippen molar-refractivity contribution < 1.29 is 9.90 Å². The van der Waals surface area contributed by atoms with E-state index in [9.17, 15) is 9.90 Å². The predicted octanol–water partition coefficient (Wildman–Crippen LogP) is 1.33. The van der Waals surface area contributed by atoms with Crippen LogP contribution in [0.5, 0.6) is 0 Å². The van der Waals surface area contributed by atoms with Crippen molar-refractivity contribution in [1.29, 1.82) is 0 Å². The highest BCUT2D eigenvalue weighted by atomic mass is 16.3. The molecule has 0 radical (unpaired) electrons. The molecule has 0 saturated heterocycles. The quantitative estimate of drug-likeness (QED) is 0.762. The van der Waals surface area contributed by atoms with Crippen LogP contribution in [0.4, 0.5) is 0 Å². The van der Waals surface area contributed by atoms with Crippen LogP contribution < -0.4 is 5.32 Å². The van der Waals surface area contributed by atoms with Gasteiger partial charge >= 0.3 is 0 Å². The smallest absolute Gasteiger partial charge is 0.244 e. The molecule has 19 heavy (non-hydrogen) atoms. The maximum Gasteiger partial charge on any atom is 0.244 e. The summed E-state index contributed by atoms with van der Waals surface area (Å²) in [5.41, 5.74) is 2.92. The molecule has 0 bridgehead atoms. The molecular weight excluding hydrogens is 242 g/mol. The molecule has 0 aromatic carbocycles. The molecule has 1 atom stereocenters. The minimum absolute atomic E-state index is 0.147. The van der Waals surface area contributed by atoms with Gasteiger partial charge in [0.1, 0.15) is 0 Å². The van der Waals surface area contributed by atoms with Gasteiger partial charge in [0.05, 0.1) is 11.8 Å². The maximum atomic E-state index is 11.6. The van der Waals surface area contributed by atoms with Gasteiger partial charge < -0.3 is 10.4 Å². The molecule has 1 aromatic heterocycles. The molecule has 106 valence electrons. The number of carbonyl (C=O) groups excluding carboxylic acids is 1. The van der Waals surface area contributed by atoms with E-state index >= 15 is 0 Å². The second kappa shape index (κ2) is 7.09. The number of aryl methyl sites for hydroxylation is 2. The van der Waals surface area contributed by atoms with E-state index in [0.29, 0.717) is 19.4 Å². The van der Waals surface area contributed by atoms with Crippen molar-refractivity contribution in [3.8, 4) is 0 Å². The topological polar surface area (TPSA) is 67.2 Å². The average molecular weight is 265 g/mol. The zero-order valence-corrected chi connectivity index (χ0v) is 12.1. The van der Waals surface area contributed by atoms with Crippen LogP contribution in [-0.2, 0) is 11.8 Å². The van der Waals surface area contributed by atoms with E-state index in [2.05, 4.69) is 10.4 Å². The third-order valence-corrected chi connectivity index (χ3v) is 3.21. The molecule has 0 saturated carbocycles. The number of rotatable bonds is 6. The Morgan fingerprint density at radius 1 is 1.53 bits per heavy atom.